The molecule has 2 aromatic carbocycles. The molecule has 1 aromatic heterocycles. The Morgan fingerprint density at radius 3 is 2.35 bits per heavy atom. The molecule has 6 atom stereocenters. The molecule has 7 rings (SSSR count). The van der Waals surface area contributed by atoms with Gasteiger partial charge in [0.2, 0.25) is 5.91 Å². The van der Waals surface area contributed by atoms with Crippen molar-refractivity contribution in [2.75, 3.05) is 64.2 Å². The van der Waals surface area contributed by atoms with Crippen molar-refractivity contribution in [2.24, 2.45) is 29.4 Å². The van der Waals surface area contributed by atoms with Gasteiger partial charge in [-0.05, 0) is 68.8 Å². The maximum absolute atomic E-state index is 14.4. The standard InChI is InChI=1S/C38H42FN5O8/c1-41(2)26-17-22(27-10-9-20(52-27)18-43-11-13-44(14-12-43)25-8-6-5-7-24(25)39)32(45)29-21(26)15-19-16-23-31(42(3)4)34(47)30(37(40)50)36(49)38(23,51)35(48)28(19)33(29)46/h5-10,17,19,23,28,30-31,45,51H,11-16,18H2,1-4H3,(H2,40,50)/t19-,23-,28?,30?,31-,38+/m0/s1. The SMILES string of the molecule is CN(C)c1cc(-c2ccc(CN3CCN(c4ccccc4F)CC3)o2)c(O)c2c1C[C@H]1C[C@H]3[C@H](N(C)C)C(=O)C(C(N)=O)C(=O)[C@]3(O)C(=O)C1C2=O. The number of primary amides is 1. The van der Waals surface area contributed by atoms with Crippen LogP contribution in [0.4, 0.5) is 15.8 Å². The van der Waals surface area contributed by atoms with Crippen LogP contribution >= 0.6 is 0 Å². The first kappa shape index (κ1) is 35.5. The van der Waals surface area contributed by atoms with Crippen molar-refractivity contribution >= 4 is 40.4 Å². The highest BCUT2D eigenvalue weighted by atomic mass is 19.1. The summed E-state index contributed by atoms with van der Waals surface area (Å²) < 4.78 is 20.5. The molecule has 3 aliphatic carbocycles. The van der Waals surface area contributed by atoms with Gasteiger partial charge in [-0.1, -0.05) is 12.1 Å². The van der Waals surface area contributed by atoms with Gasteiger partial charge in [-0.2, -0.15) is 0 Å². The molecule has 1 saturated heterocycles. The summed E-state index contributed by atoms with van der Waals surface area (Å²) in [6.45, 7) is 3.07. The lowest BCUT2D eigenvalue weighted by Crippen LogP contribution is -2.74. The quantitative estimate of drug-likeness (QED) is 0.302. The van der Waals surface area contributed by atoms with E-state index in [9.17, 15) is 38.6 Å². The number of Topliss-reactive ketones (excluding diaryl/α,β-unsaturated/α-hetero) is 4. The normalized spacial score (nSPS) is 27.8. The molecule has 14 heteroatoms. The van der Waals surface area contributed by atoms with Gasteiger partial charge < -0.3 is 30.2 Å². The minimum absolute atomic E-state index is 0.0324. The van der Waals surface area contributed by atoms with Crippen molar-refractivity contribution in [3.63, 3.8) is 0 Å². The number of carbonyl (C=O) groups is 5. The van der Waals surface area contributed by atoms with E-state index < -0.39 is 70.1 Å². The van der Waals surface area contributed by atoms with Crippen LogP contribution in [0.2, 0.25) is 0 Å². The Hall–Kier alpha value is -4.92. The van der Waals surface area contributed by atoms with Gasteiger partial charge >= 0.3 is 0 Å². The van der Waals surface area contributed by atoms with Crippen LogP contribution in [0, 0.1) is 29.5 Å². The largest absolute Gasteiger partial charge is 0.506 e. The maximum Gasteiger partial charge on any atom is 0.235 e. The summed E-state index contributed by atoms with van der Waals surface area (Å²) in [5, 5.41) is 23.7. The van der Waals surface area contributed by atoms with Crippen molar-refractivity contribution in [1.82, 2.24) is 9.80 Å². The van der Waals surface area contributed by atoms with Gasteiger partial charge in [0.1, 0.15) is 23.1 Å². The molecular formula is C38H42FN5O8. The van der Waals surface area contributed by atoms with Crippen LogP contribution in [-0.4, -0.2) is 115 Å². The van der Waals surface area contributed by atoms with Gasteiger partial charge in [0.05, 0.1) is 35.3 Å². The Bertz CT molecular complexity index is 2000. The predicted octanol–water partition coefficient (Wildman–Crippen LogP) is 1.65. The molecule has 1 amide bonds. The zero-order chi connectivity index (χ0) is 37.4. The molecule has 0 bridgehead atoms. The number of hydrogen-bond donors (Lipinski definition) is 3. The third-order valence-corrected chi connectivity index (χ3v) is 11.4. The smallest absolute Gasteiger partial charge is 0.235 e. The van der Waals surface area contributed by atoms with E-state index >= 15 is 0 Å². The Labute approximate surface area is 299 Å². The van der Waals surface area contributed by atoms with E-state index in [0.717, 1.165) is 0 Å². The number of anilines is 2. The van der Waals surface area contributed by atoms with E-state index in [1.807, 2.05) is 11.0 Å². The Morgan fingerprint density at radius 2 is 1.71 bits per heavy atom. The molecule has 1 aliphatic heterocycles. The van der Waals surface area contributed by atoms with Crippen LogP contribution in [0.15, 0.2) is 46.9 Å². The molecule has 0 spiro atoms. The lowest BCUT2D eigenvalue weighted by molar-refractivity contribution is -0.181. The topological polar surface area (TPSA) is 178 Å². The van der Waals surface area contributed by atoms with Crippen LogP contribution in [0.5, 0.6) is 5.75 Å². The number of rotatable bonds is 7. The summed E-state index contributed by atoms with van der Waals surface area (Å²) in [4.78, 5) is 75.4. The average Bonchev–Trinajstić information content (AvgIpc) is 3.54. The van der Waals surface area contributed by atoms with E-state index in [-0.39, 0.29) is 29.8 Å². The van der Waals surface area contributed by atoms with Crippen molar-refractivity contribution in [1.29, 1.82) is 0 Å². The fraction of sp³-hybridized carbons (Fsp3) is 0.447. The molecule has 2 saturated carbocycles. The molecular weight excluding hydrogens is 673 g/mol. The van der Waals surface area contributed by atoms with E-state index in [2.05, 4.69) is 4.90 Å². The molecule has 0 radical (unpaired) electrons. The molecule has 4 N–H and O–H groups in total. The molecule has 3 aromatic rings. The van der Waals surface area contributed by atoms with Gasteiger partial charge in [0.25, 0.3) is 0 Å². The highest BCUT2D eigenvalue weighted by molar-refractivity contribution is 6.32. The van der Waals surface area contributed by atoms with Crippen molar-refractivity contribution < 1.29 is 43.0 Å². The van der Waals surface area contributed by atoms with Gasteiger partial charge in [-0.15, -0.1) is 0 Å². The minimum atomic E-state index is -2.80. The zero-order valence-corrected chi connectivity index (χ0v) is 29.5. The van der Waals surface area contributed by atoms with Crippen LogP contribution in [0.3, 0.4) is 0 Å². The van der Waals surface area contributed by atoms with Gasteiger partial charge in [-0.25, -0.2) is 4.39 Å². The Morgan fingerprint density at radius 1 is 1.02 bits per heavy atom. The minimum Gasteiger partial charge on any atom is -0.506 e. The van der Waals surface area contributed by atoms with Gasteiger partial charge in [0.15, 0.2) is 34.7 Å². The first-order chi connectivity index (χ1) is 24.6. The number of likely N-dealkylation sites (N-methyl/N-ethyl adjacent to an activating group) is 1. The van der Waals surface area contributed by atoms with Crippen LogP contribution < -0.4 is 15.5 Å². The van der Waals surface area contributed by atoms with Crippen molar-refractivity contribution in [3.8, 4) is 17.1 Å². The molecule has 4 aliphatic rings. The molecule has 2 heterocycles. The number of aliphatic hydroxyl groups is 1. The number of hydrogen-bond acceptors (Lipinski definition) is 12. The van der Waals surface area contributed by atoms with Crippen molar-refractivity contribution in [3.05, 3.63) is 65.2 Å². The molecule has 52 heavy (non-hydrogen) atoms. The molecule has 2 unspecified atom stereocenters. The number of phenols is 1. The van der Waals surface area contributed by atoms with E-state index in [0.29, 0.717) is 61.2 Å². The second-order valence-electron chi connectivity index (χ2n) is 14.8. The van der Waals surface area contributed by atoms with E-state index in [1.54, 1.807) is 63.4 Å². The number of nitrogens with two attached hydrogens (primary N) is 1. The highest BCUT2D eigenvalue weighted by Gasteiger charge is 2.69. The third kappa shape index (κ3) is 5.42. The summed E-state index contributed by atoms with van der Waals surface area (Å²) in [5.74, 6) is -10.4. The fourth-order valence-corrected chi connectivity index (χ4v) is 8.92. The number of halogens is 1. The second-order valence-corrected chi connectivity index (χ2v) is 14.8. The predicted molar refractivity (Wildman–Crippen MR) is 187 cm³/mol. The number of amides is 1. The first-order valence-electron chi connectivity index (χ1n) is 17.4. The first-order valence-corrected chi connectivity index (χ1v) is 17.4. The monoisotopic (exact) mass is 715 g/mol. The lowest BCUT2D eigenvalue weighted by Gasteiger charge is -2.52. The fourth-order valence-electron chi connectivity index (χ4n) is 8.92. The molecule has 274 valence electrons. The second kappa shape index (κ2) is 12.9. The number of carbonyl (C=O) groups excluding carboxylic acids is 5. The molecule has 13 nitrogen and oxygen atoms in total. The summed E-state index contributed by atoms with van der Waals surface area (Å²) in [7, 11) is 6.67. The van der Waals surface area contributed by atoms with E-state index in [1.165, 1.54) is 11.0 Å². The number of para-hydroxylation sites is 1. The third-order valence-electron chi connectivity index (χ3n) is 11.4. The average molecular weight is 716 g/mol. The number of ketones is 4. The highest BCUT2D eigenvalue weighted by Crippen LogP contribution is 2.53. The van der Waals surface area contributed by atoms with E-state index in [4.69, 9.17) is 10.2 Å². The summed E-state index contributed by atoms with van der Waals surface area (Å²) >= 11 is 0. The number of fused-ring (bicyclic) bond motifs is 3. The Balaban J connectivity index is 1.19. The van der Waals surface area contributed by atoms with Crippen molar-refractivity contribution in [2.45, 2.75) is 31.0 Å². The van der Waals surface area contributed by atoms with Crippen LogP contribution in [0.1, 0.15) is 28.1 Å². The number of aromatic hydroxyl groups is 1. The zero-order valence-electron chi connectivity index (χ0n) is 29.5. The van der Waals surface area contributed by atoms with Gasteiger partial charge in [-0.3, -0.25) is 33.8 Å². The summed E-state index contributed by atoms with van der Waals surface area (Å²) in [6.07, 6.45) is 0.116. The summed E-state index contributed by atoms with van der Waals surface area (Å²) in [6, 6.07) is 10.7. The number of benzene rings is 2. The van der Waals surface area contributed by atoms with Gasteiger partial charge in [0, 0.05) is 51.9 Å². The van der Waals surface area contributed by atoms with Crippen LogP contribution in [-0.2, 0) is 32.1 Å². The Kier molecular flexibility index (Phi) is 8.83. The maximum atomic E-state index is 14.4. The lowest BCUT2D eigenvalue weighted by atomic mass is 9.52. The van der Waals surface area contributed by atoms with Crippen LogP contribution in [0.25, 0.3) is 11.3 Å². The number of furan rings is 1. The number of piperazine rings is 1. The summed E-state index contributed by atoms with van der Waals surface area (Å²) in [5.41, 5.74) is 4.43. The number of nitrogens with zero attached hydrogens (tertiary/aromatic N) is 4. The molecule has 3 fully saturated rings. The number of phenolic OH excluding ortho intramolecular Hbond substituents is 1.